The molecule has 1 N–H and O–H groups in total. The van der Waals surface area contributed by atoms with E-state index in [4.69, 9.17) is 0 Å². The van der Waals surface area contributed by atoms with Crippen molar-refractivity contribution >= 4 is 17.3 Å². The molecule has 1 aliphatic heterocycles. The van der Waals surface area contributed by atoms with Crippen LogP contribution >= 0.6 is 0 Å². The molecule has 0 saturated heterocycles. The van der Waals surface area contributed by atoms with Gasteiger partial charge in [-0.2, -0.15) is 0 Å². The highest BCUT2D eigenvalue weighted by atomic mass is 16.2. The first kappa shape index (κ1) is 14.6. The molecular weight excluding hydrogens is 272 g/mol. The second kappa shape index (κ2) is 6.22. The summed E-state index contributed by atoms with van der Waals surface area (Å²) in [6.07, 6.45) is 1.46. The number of rotatable bonds is 4. The van der Waals surface area contributed by atoms with Gasteiger partial charge in [-0.25, -0.2) is 0 Å². The SMILES string of the molecule is Cc1ccccc1NCCC(=O)N1c2ccccc2CC1C. The van der Waals surface area contributed by atoms with Crippen molar-refractivity contribution < 1.29 is 4.79 Å². The predicted molar refractivity (Wildman–Crippen MR) is 91.4 cm³/mol. The van der Waals surface area contributed by atoms with Crippen molar-refractivity contribution in [2.75, 3.05) is 16.8 Å². The molecule has 3 nitrogen and oxygen atoms in total. The average Bonchev–Trinajstić information content (AvgIpc) is 2.85. The average molecular weight is 294 g/mol. The van der Waals surface area contributed by atoms with Gasteiger partial charge in [-0.15, -0.1) is 0 Å². The Kier molecular flexibility index (Phi) is 4.14. The zero-order valence-electron chi connectivity index (χ0n) is 13.2. The zero-order valence-corrected chi connectivity index (χ0v) is 13.2. The number of para-hydroxylation sites is 2. The normalized spacial score (nSPS) is 16.5. The quantitative estimate of drug-likeness (QED) is 0.931. The van der Waals surface area contributed by atoms with Gasteiger partial charge in [-0.1, -0.05) is 36.4 Å². The van der Waals surface area contributed by atoms with Gasteiger partial charge in [0.05, 0.1) is 0 Å². The molecule has 0 spiro atoms. The second-order valence-electron chi connectivity index (χ2n) is 5.94. The summed E-state index contributed by atoms with van der Waals surface area (Å²) >= 11 is 0. The van der Waals surface area contributed by atoms with Crippen LogP contribution in [0.5, 0.6) is 0 Å². The molecule has 0 aromatic heterocycles. The van der Waals surface area contributed by atoms with Crippen LogP contribution < -0.4 is 10.2 Å². The Bertz CT molecular complexity index is 681. The van der Waals surface area contributed by atoms with Crippen molar-refractivity contribution in [2.45, 2.75) is 32.7 Å². The highest BCUT2D eigenvalue weighted by Crippen LogP contribution is 2.32. The highest BCUT2D eigenvalue weighted by molar-refractivity contribution is 5.96. The number of anilines is 2. The first-order chi connectivity index (χ1) is 10.7. The number of nitrogens with one attached hydrogen (secondary N) is 1. The maximum absolute atomic E-state index is 12.6. The lowest BCUT2D eigenvalue weighted by atomic mass is 10.1. The fourth-order valence-electron chi connectivity index (χ4n) is 3.14. The van der Waals surface area contributed by atoms with E-state index in [2.05, 4.69) is 31.3 Å². The van der Waals surface area contributed by atoms with Gasteiger partial charge in [0.2, 0.25) is 5.91 Å². The van der Waals surface area contributed by atoms with Gasteiger partial charge in [-0.05, 0) is 43.5 Å². The summed E-state index contributed by atoms with van der Waals surface area (Å²) in [5.41, 5.74) is 4.66. The molecule has 0 bridgehead atoms. The van der Waals surface area contributed by atoms with Crippen LogP contribution in [0.2, 0.25) is 0 Å². The number of carbonyl (C=O) groups excluding carboxylic acids is 1. The van der Waals surface area contributed by atoms with Crippen LogP contribution in [0.15, 0.2) is 48.5 Å². The standard InChI is InChI=1S/C19H22N2O/c1-14-7-3-5-9-17(14)20-12-11-19(22)21-15(2)13-16-8-4-6-10-18(16)21/h3-10,15,20H,11-13H2,1-2H3. The maximum Gasteiger partial charge on any atom is 0.229 e. The van der Waals surface area contributed by atoms with E-state index in [0.717, 1.165) is 17.8 Å². The third kappa shape index (κ3) is 2.84. The predicted octanol–water partition coefficient (Wildman–Crippen LogP) is 3.77. The molecule has 1 aliphatic rings. The molecular formula is C19H22N2O. The van der Waals surface area contributed by atoms with Crippen molar-refractivity contribution in [3.63, 3.8) is 0 Å². The van der Waals surface area contributed by atoms with Crippen molar-refractivity contribution in [3.05, 3.63) is 59.7 Å². The molecule has 0 fully saturated rings. The Morgan fingerprint density at radius 1 is 1.18 bits per heavy atom. The molecule has 2 aromatic carbocycles. The number of amides is 1. The van der Waals surface area contributed by atoms with Crippen LogP contribution in [0.1, 0.15) is 24.5 Å². The number of aryl methyl sites for hydroxylation is 1. The Morgan fingerprint density at radius 2 is 1.91 bits per heavy atom. The van der Waals surface area contributed by atoms with Gasteiger partial charge < -0.3 is 10.2 Å². The van der Waals surface area contributed by atoms with Gasteiger partial charge >= 0.3 is 0 Å². The molecule has 0 aliphatic carbocycles. The third-order valence-electron chi connectivity index (χ3n) is 4.28. The second-order valence-corrected chi connectivity index (χ2v) is 5.94. The van der Waals surface area contributed by atoms with E-state index in [9.17, 15) is 4.79 Å². The smallest absolute Gasteiger partial charge is 0.229 e. The summed E-state index contributed by atoms with van der Waals surface area (Å²) in [7, 11) is 0. The van der Waals surface area contributed by atoms with E-state index in [1.807, 2.05) is 41.3 Å². The van der Waals surface area contributed by atoms with E-state index < -0.39 is 0 Å². The molecule has 0 radical (unpaired) electrons. The van der Waals surface area contributed by atoms with E-state index >= 15 is 0 Å². The van der Waals surface area contributed by atoms with Gasteiger partial charge in [0, 0.05) is 30.4 Å². The lowest BCUT2D eigenvalue weighted by molar-refractivity contribution is -0.118. The summed E-state index contributed by atoms with van der Waals surface area (Å²) in [6, 6.07) is 16.6. The van der Waals surface area contributed by atoms with E-state index in [1.54, 1.807) is 0 Å². The van der Waals surface area contributed by atoms with Crippen molar-refractivity contribution in [2.24, 2.45) is 0 Å². The van der Waals surface area contributed by atoms with Crippen molar-refractivity contribution in [1.29, 1.82) is 0 Å². The Morgan fingerprint density at radius 3 is 2.73 bits per heavy atom. The molecule has 1 heterocycles. The summed E-state index contributed by atoms with van der Waals surface area (Å²) in [4.78, 5) is 14.5. The minimum absolute atomic E-state index is 0.193. The zero-order chi connectivity index (χ0) is 15.5. The van der Waals surface area contributed by atoms with E-state index in [1.165, 1.54) is 11.1 Å². The van der Waals surface area contributed by atoms with E-state index in [0.29, 0.717) is 13.0 Å². The number of benzene rings is 2. The number of carbonyl (C=O) groups is 1. The summed E-state index contributed by atoms with van der Waals surface area (Å²) in [5, 5.41) is 3.36. The lowest BCUT2D eigenvalue weighted by Gasteiger charge is -2.23. The van der Waals surface area contributed by atoms with Gasteiger partial charge in [0.15, 0.2) is 0 Å². The van der Waals surface area contributed by atoms with Crippen LogP contribution in [0.25, 0.3) is 0 Å². The Hall–Kier alpha value is -2.29. The number of hydrogen-bond donors (Lipinski definition) is 1. The molecule has 2 aromatic rings. The Balaban J connectivity index is 1.62. The molecule has 114 valence electrons. The van der Waals surface area contributed by atoms with Crippen LogP contribution in [0, 0.1) is 6.92 Å². The fourth-order valence-corrected chi connectivity index (χ4v) is 3.14. The molecule has 1 amide bonds. The van der Waals surface area contributed by atoms with Crippen molar-refractivity contribution in [1.82, 2.24) is 0 Å². The molecule has 3 heteroatoms. The molecule has 0 saturated carbocycles. The fraction of sp³-hybridized carbons (Fsp3) is 0.316. The molecule has 22 heavy (non-hydrogen) atoms. The third-order valence-corrected chi connectivity index (χ3v) is 4.28. The van der Waals surface area contributed by atoms with Crippen LogP contribution in [-0.2, 0) is 11.2 Å². The number of nitrogens with zero attached hydrogens (tertiary/aromatic N) is 1. The van der Waals surface area contributed by atoms with E-state index in [-0.39, 0.29) is 11.9 Å². The lowest BCUT2D eigenvalue weighted by Crippen LogP contribution is -2.36. The van der Waals surface area contributed by atoms with Crippen LogP contribution in [0.3, 0.4) is 0 Å². The first-order valence-corrected chi connectivity index (χ1v) is 7.86. The monoisotopic (exact) mass is 294 g/mol. The highest BCUT2D eigenvalue weighted by Gasteiger charge is 2.29. The topological polar surface area (TPSA) is 32.3 Å². The van der Waals surface area contributed by atoms with Gasteiger partial charge in [0.1, 0.15) is 0 Å². The minimum atomic E-state index is 0.193. The number of fused-ring (bicyclic) bond motifs is 1. The van der Waals surface area contributed by atoms with Crippen LogP contribution in [0.4, 0.5) is 11.4 Å². The molecule has 3 rings (SSSR count). The summed E-state index contributed by atoms with van der Waals surface area (Å²) in [6.45, 7) is 4.85. The molecule has 1 unspecified atom stereocenters. The molecule has 1 atom stereocenters. The largest absolute Gasteiger partial charge is 0.384 e. The maximum atomic E-state index is 12.6. The van der Waals surface area contributed by atoms with Gasteiger partial charge in [0.25, 0.3) is 0 Å². The number of hydrogen-bond acceptors (Lipinski definition) is 2. The van der Waals surface area contributed by atoms with Gasteiger partial charge in [-0.3, -0.25) is 4.79 Å². The van der Waals surface area contributed by atoms with Crippen LogP contribution in [-0.4, -0.2) is 18.5 Å². The minimum Gasteiger partial charge on any atom is -0.384 e. The van der Waals surface area contributed by atoms with Crippen molar-refractivity contribution in [3.8, 4) is 0 Å². The summed E-state index contributed by atoms with van der Waals surface area (Å²) < 4.78 is 0. The summed E-state index contributed by atoms with van der Waals surface area (Å²) in [5.74, 6) is 0.193. The first-order valence-electron chi connectivity index (χ1n) is 7.86. The Labute approximate surface area is 132 Å².